The zero-order valence-corrected chi connectivity index (χ0v) is 15.6. The monoisotopic (exact) mass is 362 g/mol. The first-order chi connectivity index (χ1) is 13.2. The second-order valence-corrected chi connectivity index (χ2v) is 6.73. The van der Waals surface area contributed by atoms with Crippen LogP contribution in [-0.4, -0.2) is 61.0 Å². The van der Waals surface area contributed by atoms with E-state index in [0.717, 1.165) is 43.0 Å². The summed E-state index contributed by atoms with van der Waals surface area (Å²) in [5.41, 5.74) is 2.52. The molecule has 6 heteroatoms. The van der Waals surface area contributed by atoms with Crippen molar-refractivity contribution in [2.75, 3.05) is 45.2 Å². The third kappa shape index (κ3) is 3.48. The van der Waals surface area contributed by atoms with Gasteiger partial charge in [-0.3, -0.25) is 4.79 Å². The number of likely N-dealkylation sites (N-methyl/N-ethyl adjacent to an activating group) is 1. The van der Waals surface area contributed by atoms with Crippen LogP contribution in [0.15, 0.2) is 48.5 Å². The molecular formula is C21H22N4O2. The van der Waals surface area contributed by atoms with E-state index in [1.165, 1.54) is 0 Å². The van der Waals surface area contributed by atoms with Gasteiger partial charge in [0.15, 0.2) is 11.5 Å². The molecule has 4 rings (SSSR count). The average Bonchev–Trinajstić information content (AvgIpc) is 2.73. The number of aromatic nitrogens is 2. The topological polar surface area (TPSA) is 58.6 Å². The first-order valence-electron chi connectivity index (χ1n) is 9.05. The molecule has 138 valence electrons. The molecule has 0 bridgehead atoms. The summed E-state index contributed by atoms with van der Waals surface area (Å²) in [5.74, 6) is 1.27. The van der Waals surface area contributed by atoms with Crippen molar-refractivity contribution in [2.45, 2.75) is 0 Å². The SMILES string of the molecule is COc1ccc(C(=O)c2nc3ccccc3nc2N2CCN(C)CC2)cc1. The van der Waals surface area contributed by atoms with Crippen LogP contribution in [0.4, 0.5) is 5.82 Å². The molecule has 1 fully saturated rings. The van der Waals surface area contributed by atoms with Gasteiger partial charge in [0.2, 0.25) is 5.78 Å². The predicted molar refractivity (Wildman–Crippen MR) is 106 cm³/mol. The molecule has 1 aliphatic heterocycles. The van der Waals surface area contributed by atoms with Gasteiger partial charge in [-0.15, -0.1) is 0 Å². The van der Waals surface area contributed by atoms with Crippen LogP contribution < -0.4 is 9.64 Å². The number of carbonyl (C=O) groups excluding carboxylic acids is 1. The highest BCUT2D eigenvalue weighted by atomic mass is 16.5. The first kappa shape index (κ1) is 17.4. The second-order valence-electron chi connectivity index (χ2n) is 6.73. The van der Waals surface area contributed by atoms with E-state index in [2.05, 4.69) is 21.8 Å². The van der Waals surface area contributed by atoms with Gasteiger partial charge < -0.3 is 14.5 Å². The standard InChI is InChI=1S/C21H22N4O2/c1-24-11-13-25(14-12-24)21-19(22-17-5-3-4-6-18(17)23-21)20(26)15-7-9-16(27-2)10-8-15/h3-10H,11-14H2,1-2H3. The van der Waals surface area contributed by atoms with E-state index in [1.807, 2.05) is 24.3 Å². The maximum Gasteiger partial charge on any atom is 0.215 e. The van der Waals surface area contributed by atoms with Gasteiger partial charge in [0, 0.05) is 31.7 Å². The number of ether oxygens (including phenoxy) is 1. The Bertz CT molecular complexity index is 964. The van der Waals surface area contributed by atoms with Crippen molar-refractivity contribution in [1.29, 1.82) is 0 Å². The number of ketones is 1. The van der Waals surface area contributed by atoms with Crippen LogP contribution >= 0.6 is 0 Å². The lowest BCUT2D eigenvalue weighted by molar-refractivity contribution is 0.103. The van der Waals surface area contributed by atoms with Crippen molar-refractivity contribution >= 4 is 22.6 Å². The quantitative estimate of drug-likeness (QED) is 0.665. The highest BCUT2D eigenvalue weighted by Crippen LogP contribution is 2.25. The van der Waals surface area contributed by atoms with Crippen LogP contribution in [0.2, 0.25) is 0 Å². The van der Waals surface area contributed by atoms with Crippen LogP contribution in [0.1, 0.15) is 16.1 Å². The zero-order valence-electron chi connectivity index (χ0n) is 15.6. The number of carbonyl (C=O) groups is 1. The molecule has 0 N–H and O–H groups in total. The molecule has 6 nitrogen and oxygen atoms in total. The van der Waals surface area contributed by atoms with Crippen molar-refractivity contribution < 1.29 is 9.53 Å². The van der Waals surface area contributed by atoms with E-state index in [0.29, 0.717) is 17.1 Å². The molecule has 1 saturated heterocycles. The van der Waals surface area contributed by atoms with Crippen LogP contribution in [0.5, 0.6) is 5.75 Å². The minimum absolute atomic E-state index is 0.121. The molecule has 2 aromatic carbocycles. The largest absolute Gasteiger partial charge is 0.497 e. The van der Waals surface area contributed by atoms with Crippen LogP contribution in [0.3, 0.4) is 0 Å². The number of piperazine rings is 1. The maximum atomic E-state index is 13.2. The predicted octanol–water partition coefficient (Wildman–Crippen LogP) is 2.62. The van der Waals surface area contributed by atoms with Crippen LogP contribution in [0.25, 0.3) is 11.0 Å². The minimum atomic E-state index is -0.121. The summed E-state index contributed by atoms with van der Waals surface area (Å²) >= 11 is 0. The summed E-state index contributed by atoms with van der Waals surface area (Å²) in [6.07, 6.45) is 0. The molecule has 0 radical (unpaired) electrons. The normalized spacial score (nSPS) is 15.1. The second kappa shape index (κ2) is 7.32. The Morgan fingerprint density at radius 1 is 0.926 bits per heavy atom. The van der Waals surface area contributed by atoms with E-state index < -0.39 is 0 Å². The van der Waals surface area contributed by atoms with Gasteiger partial charge >= 0.3 is 0 Å². The Hall–Kier alpha value is -2.99. The summed E-state index contributed by atoms with van der Waals surface area (Å²) in [7, 11) is 3.71. The Kier molecular flexibility index (Phi) is 4.73. The highest BCUT2D eigenvalue weighted by molar-refractivity contribution is 6.11. The van der Waals surface area contributed by atoms with Gasteiger partial charge in [-0.1, -0.05) is 12.1 Å². The number of benzene rings is 2. The van der Waals surface area contributed by atoms with Gasteiger partial charge in [0.25, 0.3) is 0 Å². The summed E-state index contributed by atoms with van der Waals surface area (Å²) < 4.78 is 5.19. The number of hydrogen-bond acceptors (Lipinski definition) is 6. The lowest BCUT2D eigenvalue weighted by atomic mass is 10.1. The molecule has 0 atom stereocenters. The van der Waals surface area contributed by atoms with Gasteiger partial charge in [-0.25, -0.2) is 9.97 Å². The van der Waals surface area contributed by atoms with Crippen molar-refractivity contribution in [2.24, 2.45) is 0 Å². The Morgan fingerprint density at radius 2 is 1.56 bits per heavy atom. The zero-order chi connectivity index (χ0) is 18.8. The molecule has 0 unspecified atom stereocenters. The fraction of sp³-hybridized carbons (Fsp3) is 0.286. The molecule has 0 spiro atoms. The minimum Gasteiger partial charge on any atom is -0.497 e. The third-order valence-corrected chi connectivity index (χ3v) is 4.92. The summed E-state index contributed by atoms with van der Waals surface area (Å²) in [6, 6.07) is 14.8. The fourth-order valence-electron chi connectivity index (χ4n) is 3.26. The summed E-state index contributed by atoms with van der Waals surface area (Å²) in [4.78, 5) is 27.2. The van der Waals surface area contributed by atoms with Crippen molar-refractivity contribution in [3.8, 4) is 5.75 Å². The van der Waals surface area contributed by atoms with Crippen LogP contribution in [-0.2, 0) is 0 Å². The molecule has 1 aromatic heterocycles. The number of rotatable bonds is 4. The molecule has 0 aliphatic carbocycles. The molecule has 0 amide bonds. The number of nitrogens with zero attached hydrogens (tertiary/aromatic N) is 4. The Labute approximate surface area is 158 Å². The molecule has 1 aliphatic rings. The molecule has 3 aromatic rings. The number of anilines is 1. The summed E-state index contributed by atoms with van der Waals surface area (Å²) in [5, 5.41) is 0. The van der Waals surface area contributed by atoms with Crippen molar-refractivity contribution in [3.63, 3.8) is 0 Å². The maximum absolute atomic E-state index is 13.2. The van der Waals surface area contributed by atoms with E-state index in [4.69, 9.17) is 9.72 Å². The fourth-order valence-corrected chi connectivity index (χ4v) is 3.26. The first-order valence-corrected chi connectivity index (χ1v) is 9.05. The number of methoxy groups -OCH3 is 1. The lowest BCUT2D eigenvalue weighted by Crippen LogP contribution is -2.45. The average molecular weight is 362 g/mol. The lowest BCUT2D eigenvalue weighted by Gasteiger charge is -2.33. The number of fused-ring (bicyclic) bond motifs is 1. The van der Waals surface area contributed by atoms with E-state index in [-0.39, 0.29) is 5.78 Å². The van der Waals surface area contributed by atoms with Gasteiger partial charge in [0.1, 0.15) is 5.75 Å². The highest BCUT2D eigenvalue weighted by Gasteiger charge is 2.24. The van der Waals surface area contributed by atoms with Gasteiger partial charge in [-0.05, 0) is 43.4 Å². The number of hydrogen-bond donors (Lipinski definition) is 0. The Balaban J connectivity index is 1.79. The van der Waals surface area contributed by atoms with E-state index >= 15 is 0 Å². The Morgan fingerprint density at radius 3 is 2.19 bits per heavy atom. The van der Waals surface area contributed by atoms with Gasteiger partial charge in [0.05, 0.1) is 18.1 Å². The van der Waals surface area contributed by atoms with E-state index in [1.54, 1.807) is 31.4 Å². The van der Waals surface area contributed by atoms with Gasteiger partial charge in [-0.2, -0.15) is 0 Å². The summed E-state index contributed by atoms with van der Waals surface area (Å²) in [6.45, 7) is 3.52. The smallest absolute Gasteiger partial charge is 0.215 e. The molecule has 27 heavy (non-hydrogen) atoms. The van der Waals surface area contributed by atoms with Crippen molar-refractivity contribution in [3.05, 3.63) is 59.8 Å². The molecule has 2 heterocycles. The molecular weight excluding hydrogens is 340 g/mol. The molecule has 0 saturated carbocycles. The van der Waals surface area contributed by atoms with Crippen LogP contribution in [0, 0.1) is 0 Å². The van der Waals surface area contributed by atoms with Crippen molar-refractivity contribution in [1.82, 2.24) is 14.9 Å². The number of para-hydroxylation sites is 2. The third-order valence-electron chi connectivity index (χ3n) is 4.92. The van der Waals surface area contributed by atoms with E-state index in [9.17, 15) is 4.79 Å².